The first-order chi connectivity index (χ1) is 10.3. The highest BCUT2D eigenvalue weighted by atomic mass is 16.6. The van der Waals surface area contributed by atoms with Crippen LogP contribution in [0.3, 0.4) is 0 Å². The molecular formula is C12H11N3O8. The van der Waals surface area contributed by atoms with Crippen LogP contribution in [0.1, 0.15) is 0 Å². The van der Waals surface area contributed by atoms with Gasteiger partial charge in [-0.1, -0.05) is 18.2 Å². The highest BCUT2D eigenvalue weighted by Crippen LogP contribution is 2.26. The van der Waals surface area contributed by atoms with Crippen molar-refractivity contribution in [3.63, 3.8) is 0 Å². The summed E-state index contributed by atoms with van der Waals surface area (Å²) in [6.45, 7) is 0. The quantitative estimate of drug-likeness (QED) is 0.660. The van der Waals surface area contributed by atoms with Gasteiger partial charge in [0.2, 0.25) is 0 Å². The van der Waals surface area contributed by atoms with E-state index >= 15 is 0 Å². The molecule has 0 aliphatic heterocycles. The third-order valence-corrected chi connectivity index (χ3v) is 2.28. The lowest BCUT2D eigenvalue weighted by Gasteiger charge is -1.93. The predicted octanol–water partition coefficient (Wildman–Crippen LogP) is 1.98. The van der Waals surface area contributed by atoms with Crippen LogP contribution in [0.15, 0.2) is 48.5 Å². The second-order valence-electron chi connectivity index (χ2n) is 3.81. The molecule has 2 rings (SSSR count). The number of aromatic hydroxyl groups is 1. The van der Waals surface area contributed by atoms with E-state index in [1.807, 2.05) is 6.07 Å². The second-order valence-corrected chi connectivity index (χ2v) is 3.81. The summed E-state index contributed by atoms with van der Waals surface area (Å²) >= 11 is 0. The predicted molar refractivity (Wildman–Crippen MR) is 78.1 cm³/mol. The number of nitrogens with zero attached hydrogens (tertiary/aromatic N) is 3. The molecule has 3 N–H and O–H groups in total. The third kappa shape index (κ3) is 6.14. The zero-order valence-corrected chi connectivity index (χ0v) is 11.4. The van der Waals surface area contributed by atoms with Crippen LogP contribution in [0.25, 0.3) is 0 Å². The van der Waals surface area contributed by atoms with Crippen LogP contribution >= 0.6 is 0 Å². The summed E-state index contributed by atoms with van der Waals surface area (Å²) in [4.78, 5) is 28.1. The van der Waals surface area contributed by atoms with Gasteiger partial charge in [0.15, 0.2) is 0 Å². The third-order valence-electron chi connectivity index (χ3n) is 2.28. The van der Waals surface area contributed by atoms with E-state index in [-0.39, 0.29) is 5.48 Å². The zero-order chi connectivity index (χ0) is 16.7. The van der Waals surface area contributed by atoms with Crippen molar-refractivity contribution in [3.8, 4) is 5.75 Å². The molecule has 2 aromatic rings. The Morgan fingerprint density at radius 3 is 1.17 bits per heavy atom. The summed E-state index contributed by atoms with van der Waals surface area (Å²) < 4.78 is 0. The van der Waals surface area contributed by atoms with E-state index in [9.17, 15) is 30.3 Å². The summed E-state index contributed by atoms with van der Waals surface area (Å²) in [7, 11) is 0. The van der Waals surface area contributed by atoms with Crippen molar-refractivity contribution >= 4 is 17.1 Å². The standard InChI is InChI=1S/C6H3N3O6.C6H6O.H2O/c10-7(11)4-1-5(8(12)13)3-6(2-4)9(14)15;7-6-4-2-1-3-5-6;/h1-3H;1-5,7H;1H2. The number of non-ortho nitro benzene ring substituents is 3. The van der Waals surface area contributed by atoms with Crippen molar-refractivity contribution in [1.29, 1.82) is 0 Å². The van der Waals surface area contributed by atoms with Gasteiger partial charge in [0.25, 0.3) is 17.1 Å². The van der Waals surface area contributed by atoms with Gasteiger partial charge in [-0.3, -0.25) is 30.3 Å². The summed E-state index contributed by atoms with van der Waals surface area (Å²) in [5.41, 5.74) is -2.05. The fourth-order valence-corrected chi connectivity index (χ4v) is 1.32. The van der Waals surface area contributed by atoms with E-state index in [1.54, 1.807) is 24.3 Å². The SMILES string of the molecule is O.O=[N+]([O-])c1cc([N+](=O)[O-])cc([N+](=O)[O-])c1.Oc1ccccc1. The highest BCUT2D eigenvalue weighted by Gasteiger charge is 2.21. The number of nitro groups is 3. The number of nitro benzene ring substituents is 3. The topological polar surface area (TPSA) is 181 Å². The molecule has 0 spiro atoms. The number of para-hydroxylation sites is 1. The van der Waals surface area contributed by atoms with E-state index in [2.05, 4.69) is 0 Å². The lowest BCUT2D eigenvalue weighted by molar-refractivity contribution is -0.403. The molecule has 0 radical (unpaired) electrons. The Balaban J connectivity index is 0.000000509. The van der Waals surface area contributed by atoms with Crippen LogP contribution in [0, 0.1) is 30.3 Å². The first-order valence-corrected chi connectivity index (χ1v) is 5.63. The molecule has 11 nitrogen and oxygen atoms in total. The minimum Gasteiger partial charge on any atom is -0.508 e. The van der Waals surface area contributed by atoms with Gasteiger partial charge in [-0.25, -0.2) is 0 Å². The maximum absolute atomic E-state index is 10.3. The Kier molecular flexibility index (Phi) is 7.28. The van der Waals surface area contributed by atoms with Gasteiger partial charge >= 0.3 is 0 Å². The number of hydrogen-bond acceptors (Lipinski definition) is 7. The first kappa shape index (κ1) is 19.4. The Morgan fingerprint density at radius 2 is 1.00 bits per heavy atom. The first-order valence-electron chi connectivity index (χ1n) is 5.63. The molecule has 0 aliphatic rings. The molecule has 0 fully saturated rings. The van der Waals surface area contributed by atoms with Gasteiger partial charge in [-0.05, 0) is 12.1 Å². The van der Waals surface area contributed by atoms with E-state index in [4.69, 9.17) is 5.11 Å². The van der Waals surface area contributed by atoms with Gasteiger partial charge in [0.1, 0.15) is 5.75 Å². The van der Waals surface area contributed by atoms with Gasteiger partial charge in [-0.2, -0.15) is 0 Å². The maximum Gasteiger partial charge on any atom is 0.283 e. The van der Waals surface area contributed by atoms with E-state index in [0.717, 1.165) is 0 Å². The number of phenols is 1. The average Bonchev–Trinajstić information content (AvgIpc) is 2.48. The van der Waals surface area contributed by atoms with Crippen LogP contribution < -0.4 is 0 Å². The van der Waals surface area contributed by atoms with Gasteiger partial charge in [-0.15, -0.1) is 0 Å². The highest BCUT2D eigenvalue weighted by molar-refractivity contribution is 5.52. The van der Waals surface area contributed by atoms with Crippen molar-refractivity contribution in [2.75, 3.05) is 0 Å². The van der Waals surface area contributed by atoms with Crippen LogP contribution in [0.5, 0.6) is 5.75 Å². The molecular weight excluding hydrogens is 314 g/mol. The van der Waals surface area contributed by atoms with Crippen LogP contribution in [-0.2, 0) is 0 Å². The molecule has 0 saturated carbocycles. The summed E-state index contributed by atoms with van der Waals surface area (Å²) in [6.07, 6.45) is 0. The molecule has 0 saturated heterocycles. The lowest BCUT2D eigenvalue weighted by atomic mass is 10.2. The Morgan fingerprint density at radius 1 is 0.696 bits per heavy atom. The number of benzene rings is 2. The smallest absolute Gasteiger partial charge is 0.283 e. The largest absolute Gasteiger partial charge is 0.508 e. The minimum absolute atomic E-state index is 0. The maximum atomic E-state index is 10.3. The monoisotopic (exact) mass is 325 g/mol. The Labute approximate surface area is 128 Å². The Hall–Kier alpha value is -3.60. The van der Waals surface area contributed by atoms with Crippen molar-refractivity contribution in [1.82, 2.24) is 0 Å². The van der Waals surface area contributed by atoms with Crippen molar-refractivity contribution in [3.05, 3.63) is 78.9 Å². The molecule has 122 valence electrons. The summed E-state index contributed by atoms with van der Waals surface area (Å²) in [5.74, 6) is 0.322. The lowest BCUT2D eigenvalue weighted by Crippen LogP contribution is -1.96. The molecule has 0 bridgehead atoms. The van der Waals surface area contributed by atoms with Crippen molar-refractivity contribution in [2.24, 2.45) is 0 Å². The molecule has 11 heteroatoms. The van der Waals surface area contributed by atoms with Gasteiger partial charge in [0.05, 0.1) is 33.0 Å². The fourth-order valence-electron chi connectivity index (χ4n) is 1.32. The fraction of sp³-hybridized carbons (Fsp3) is 0. The van der Waals surface area contributed by atoms with E-state index in [0.29, 0.717) is 23.9 Å². The van der Waals surface area contributed by atoms with Crippen LogP contribution in [-0.4, -0.2) is 25.4 Å². The number of phenolic OH excluding ortho intramolecular Hbond substituents is 1. The molecule has 23 heavy (non-hydrogen) atoms. The molecule has 0 amide bonds. The summed E-state index contributed by atoms with van der Waals surface area (Å²) in [6, 6.07) is 10.7. The molecule has 2 aromatic carbocycles. The molecule has 0 aromatic heterocycles. The second kappa shape index (κ2) is 8.63. The zero-order valence-electron chi connectivity index (χ0n) is 11.4. The van der Waals surface area contributed by atoms with Crippen molar-refractivity contribution in [2.45, 2.75) is 0 Å². The van der Waals surface area contributed by atoms with E-state index in [1.165, 1.54) is 0 Å². The van der Waals surface area contributed by atoms with E-state index < -0.39 is 31.8 Å². The van der Waals surface area contributed by atoms with Gasteiger partial charge in [0, 0.05) is 0 Å². The van der Waals surface area contributed by atoms with Crippen LogP contribution in [0.2, 0.25) is 0 Å². The van der Waals surface area contributed by atoms with Crippen LogP contribution in [0.4, 0.5) is 17.1 Å². The summed E-state index contributed by atoms with van der Waals surface area (Å²) in [5, 5.41) is 39.6. The molecule has 0 heterocycles. The Bertz CT molecular complexity index is 626. The normalized spacial score (nSPS) is 8.87. The molecule has 0 aliphatic carbocycles. The average molecular weight is 325 g/mol. The van der Waals surface area contributed by atoms with Gasteiger partial charge < -0.3 is 10.6 Å². The number of hydrogen-bond donors (Lipinski definition) is 1. The number of rotatable bonds is 3. The minimum atomic E-state index is -0.931. The van der Waals surface area contributed by atoms with Crippen molar-refractivity contribution < 1.29 is 25.4 Å². The molecule has 0 unspecified atom stereocenters. The molecule has 0 atom stereocenters.